The first-order chi connectivity index (χ1) is 11.1. The maximum Gasteiger partial charge on any atom is 0.418 e. The highest BCUT2D eigenvalue weighted by Crippen LogP contribution is 2.30. The molecule has 2 rings (SSSR count). The molecule has 12 heteroatoms. The van der Waals surface area contributed by atoms with E-state index in [1.807, 2.05) is 13.8 Å². The van der Waals surface area contributed by atoms with Crippen molar-refractivity contribution in [1.82, 2.24) is 15.4 Å². The summed E-state index contributed by atoms with van der Waals surface area (Å²) in [7, 11) is -4.81. The van der Waals surface area contributed by atoms with Crippen molar-refractivity contribution in [3.8, 4) is 0 Å². The van der Waals surface area contributed by atoms with Gasteiger partial charge in [-0.25, -0.2) is 10.3 Å². The first-order valence-electron chi connectivity index (χ1n) is 7.54. The number of hydrogen-bond acceptors (Lipinski definition) is 7. The van der Waals surface area contributed by atoms with Crippen LogP contribution < -0.4 is 11.2 Å². The average molecular weight is 366 g/mol. The molecule has 2 bridgehead atoms. The van der Waals surface area contributed by atoms with Gasteiger partial charge in [0.15, 0.2) is 0 Å². The summed E-state index contributed by atoms with van der Waals surface area (Å²) in [6.45, 7) is 4.09. The van der Waals surface area contributed by atoms with Gasteiger partial charge in [-0.3, -0.25) is 14.2 Å². The van der Waals surface area contributed by atoms with Gasteiger partial charge in [0.25, 0.3) is 5.91 Å². The van der Waals surface area contributed by atoms with Crippen molar-refractivity contribution in [3.63, 3.8) is 0 Å². The monoisotopic (exact) mass is 366 g/mol. The fourth-order valence-electron chi connectivity index (χ4n) is 2.57. The van der Waals surface area contributed by atoms with Crippen molar-refractivity contribution in [1.29, 1.82) is 0 Å². The molecule has 0 aromatic heterocycles. The number of nitrogens with zero attached hydrogens (tertiary/aromatic N) is 2. The van der Waals surface area contributed by atoms with E-state index in [-0.39, 0.29) is 25.1 Å². The van der Waals surface area contributed by atoms with Crippen molar-refractivity contribution in [2.24, 2.45) is 11.7 Å². The summed E-state index contributed by atoms with van der Waals surface area (Å²) in [4.78, 5) is 30.6. The Balaban J connectivity index is 1.92. The van der Waals surface area contributed by atoms with E-state index in [1.165, 1.54) is 4.90 Å². The van der Waals surface area contributed by atoms with Gasteiger partial charge in [0.05, 0.1) is 12.6 Å². The Labute approximate surface area is 139 Å². The standard InChI is InChI=1S/C12H22N4O7S/c1-7(2)9(13)6-22-14-11(17)10-4-3-8-5-15(10)12(18)16(8)23-24(19,20)21/h7-10H,3-6,13H2,1-2H3,(H,14,17)(H,19,20,21)/t8-,9?,10+/m1/s1. The molecule has 0 aromatic rings. The summed E-state index contributed by atoms with van der Waals surface area (Å²) in [6.07, 6.45) is 0.661. The summed E-state index contributed by atoms with van der Waals surface area (Å²) < 4.78 is 34.6. The minimum absolute atomic E-state index is 0.123. The summed E-state index contributed by atoms with van der Waals surface area (Å²) in [5.74, 6) is -0.338. The highest BCUT2D eigenvalue weighted by molar-refractivity contribution is 7.80. The maximum atomic E-state index is 12.2. The lowest BCUT2D eigenvalue weighted by Crippen LogP contribution is -2.50. The molecule has 138 valence electrons. The van der Waals surface area contributed by atoms with Crippen LogP contribution in [0.3, 0.4) is 0 Å². The third kappa shape index (κ3) is 4.33. The van der Waals surface area contributed by atoms with Crippen molar-refractivity contribution in [2.45, 2.75) is 44.8 Å². The molecule has 0 saturated carbocycles. The van der Waals surface area contributed by atoms with E-state index in [0.717, 1.165) is 0 Å². The second-order valence-corrected chi connectivity index (χ2v) is 7.20. The smallest absolute Gasteiger partial charge is 0.325 e. The first kappa shape index (κ1) is 18.9. The predicted molar refractivity (Wildman–Crippen MR) is 80.3 cm³/mol. The predicted octanol–water partition coefficient (Wildman–Crippen LogP) is -0.979. The van der Waals surface area contributed by atoms with Crippen LogP contribution in [0.2, 0.25) is 0 Å². The summed E-state index contributed by atoms with van der Waals surface area (Å²) in [5.41, 5.74) is 8.06. The van der Waals surface area contributed by atoms with Crippen LogP contribution in [0, 0.1) is 5.92 Å². The molecule has 1 unspecified atom stereocenters. The number of urea groups is 1. The van der Waals surface area contributed by atoms with E-state index in [4.69, 9.17) is 15.1 Å². The van der Waals surface area contributed by atoms with Crippen molar-refractivity contribution < 1.29 is 31.7 Å². The van der Waals surface area contributed by atoms with Crippen LogP contribution in [0.4, 0.5) is 4.79 Å². The molecule has 2 aliphatic heterocycles. The Morgan fingerprint density at radius 3 is 2.71 bits per heavy atom. The van der Waals surface area contributed by atoms with Gasteiger partial charge in [-0.1, -0.05) is 13.8 Å². The quantitative estimate of drug-likeness (QED) is 0.384. The van der Waals surface area contributed by atoms with Gasteiger partial charge in [0.2, 0.25) is 0 Å². The molecule has 2 heterocycles. The van der Waals surface area contributed by atoms with Gasteiger partial charge < -0.3 is 10.6 Å². The van der Waals surface area contributed by atoms with Gasteiger partial charge in [-0.05, 0) is 18.8 Å². The molecule has 3 atom stereocenters. The van der Waals surface area contributed by atoms with Crippen LogP contribution in [0.1, 0.15) is 26.7 Å². The number of rotatable bonds is 7. The van der Waals surface area contributed by atoms with E-state index in [2.05, 4.69) is 9.76 Å². The Morgan fingerprint density at radius 1 is 1.46 bits per heavy atom. The highest BCUT2D eigenvalue weighted by atomic mass is 32.3. The summed E-state index contributed by atoms with van der Waals surface area (Å²) in [5, 5.41) is 0.581. The van der Waals surface area contributed by atoms with E-state index in [9.17, 15) is 18.0 Å². The van der Waals surface area contributed by atoms with Gasteiger partial charge in [0.1, 0.15) is 6.04 Å². The Bertz CT molecular complexity index is 596. The molecule has 2 saturated heterocycles. The number of hydrogen-bond donors (Lipinski definition) is 3. The molecule has 0 aromatic carbocycles. The Morgan fingerprint density at radius 2 is 2.12 bits per heavy atom. The van der Waals surface area contributed by atoms with Crippen molar-refractivity contribution in [2.75, 3.05) is 13.2 Å². The largest absolute Gasteiger partial charge is 0.418 e. The second kappa shape index (κ2) is 7.19. The fraction of sp³-hybridized carbons (Fsp3) is 0.833. The molecule has 24 heavy (non-hydrogen) atoms. The average Bonchev–Trinajstić information content (AvgIpc) is 2.70. The molecule has 3 amide bonds. The zero-order valence-corrected chi connectivity index (χ0v) is 14.2. The lowest BCUT2D eigenvalue weighted by atomic mass is 10.0. The van der Waals surface area contributed by atoms with Gasteiger partial charge in [-0.2, -0.15) is 13.5 Å². The van der Waals surface area contributed by atoms with E-state index >= 15 is 0 Å². The van der Waals surface area contributed by atoms with Crippen LogP contribution in [0.5, 0.6) is 0 Å². The number of nitrogens with two attached hydrogens (primary N) is 1. The van der Waals surface area contributed by atoms with Crippen LogP contribution in [-0.4, -0.2) is 66.1 Å². The molecule has 0 radical (unpaired) electrons. The normalized spacial score (nSPS) is 25.3. The number of carbonyl (C=O) groups excluding carboxylic acids is 2. The van der Waals surface area contributed by atoms with Crippen LogP contribution in [0.25, 0.3) is 0 Å². The number of amides is 3. The van der Waals surface area contributed by atoms with Crippen LogP contribution >= 0.6 is 0 Å². The zero-order valence-electron chi connectivity index (χ0n) is 13.4. The highest BCUT2D eigenvalue weighted by Gasteiger charge is 2.49. The van der Waals surface area contributed by atoms with E-state index < -0.39 is 34.4 Å². The molecule has 0 aliphatic carbocycles. The third-order valence-electron chi connectivity index (χ3n) is 4.10. The van der Waals surface area contributed by atoms with Crippen LogP contribution in [0.15, 0.2) is 0 Å². The lowest BCUT2D eigenvalue weighted by Gasteiger charge is -2.29. The van der Waals surface area contributed by atoms with Gasteiger partial charge in [-0.15, -0.1) is 4.28 Å². The summed E-state index contributed by atoms with van der Waals surface area (Å²) >= 11 is 0. The third-order valence-corrected chi connectivity index (χ3v) is 4.45. The maximum absolute atomic E-state index is 12.2. The zero-order chi connectivity index (χ0) is 18.1. The molecule has 4 N–H and O–H groups in total. The fourth-order valence-corrected chi connectivity index (χ4v) is 2.96. The molecule has 11 nitrogen and oxygen atoms in total. The molecular formula is C12H22N4O7S. The Hall–Kier alpha value is -1.47. The molecule has 2 aliphatic rings. The number of hydroxylamine groups is 3. The number of piperidine rings is 1. The lowest BCUT2D eigenvalue weighted by molar-refractivity contribution is -0.139. The van der Waals surface area contributed by atoms with E-state index in [1.54, 1.807) is 0 Å². The second-order valence-electron chi connectivity index (χ2n) is 6.20. The molecular weight excluding hydrogens is 344 g/mol. The number of fused-ring (bicyclic) bond motifs is 2. The minimum Gasteiger partial charge on any atom is -0.325 e. The molecule has 0 spiro atoms. The SMILES string of the molecule is CC(C)C(N)CONC(=O)[C@@H]1CC[C@@H]2CN1C(=O)N2OS(=O)(=O)O. The van der Waals surface area contributed by atoms with E-state index in [0.29, 0.717) is 17.9 Å². The van der Waals surface area contributed by atoms with Crippen molar-refractivity contribution >= 4 is 22.3 Å². The van der Waals surface area contributed by atoms with Crippen LogP contribution in [-0.2, 0) is 24.3 Å². The number of carbonyl (C=O) groups is 2. The minimum atomic E-state index is -4.81. The van der Waals surface area contributed by atoms with Gasteiger partial charge >= 0.3 is 16.4 Å². The Kier molecular flexibility index (Phi) is 5.65. The number of nitrogens with one attached hydrogen (secondary N) is 1. The topological polar surface area (TPSA) is 151 Å². The summed E-state index contributed by atoms with van der Waals surface area (Å²) in [6, 6.07) is -2.39. The molecule has 2 fully saturated rings. The van der Waals surface area contributed by atoms with Crippen molar-refractivity contribution in [3.05, 3.63) is 0 Å². The van der Waals surface area contributed by atoms with Gasteiger partial charge in [0, 0.05) is 12.6 Å². The first-order valence-corrected chi connectivity index (χ1v) is 8.90.